The van der Waals surface area contributed by atoms with Crippen LogP contribution < -0.4 is 20.3 Å². The summed E-state index contributed by atoms with van der Waals surface area (Å²) >= 11 is 0. The van der Waals surface area contributed by atoms with E-state index in [9.17, 15) is 9.59 Å². The van der Waals surface area contributed by atoms with Crippen LogP contribution >= 0.6 is 0 Å². The second-order valence-corrected chi connectivity index (χ2v) is 6.27. The van der Waals surface area contributed by atoms with Crippen LogP contribution in [0.3, 0.4) is 0 Å². The van der Waals surface area contributed by atoms with Crippen molar-refractivity contribution in [1.29, 1.82) is 0 Å². The zero-order valence-electron chi connectivity index (χ0n) is 15.0. The third-order valence-electron chi connectivity index (χ3n) is 4.46. The SMILES string of the molecule is COc1cccc(CNC(=O)NCc2ccc3c(c2)CCN3C(C)=O)c1. The average molecular weight is 353 g/mol. The minimum atomic E-state index is -0.223. The molecule has 2 N–H and O–H groups in total. The van der Waals surface area contributed by atoms with Gasteiger partial charge in [0.1, 0.15) is 5.75 Å². The Morgan fingerprint density at radius 3 is 2.50 bits per heavy atom. The highest BCUT2D eigenvalue weighted by atomic mass is 16.5. The number of methoxy groups -OCH3 is 1. The molecule has 0 spiro atoms. The number of nitrogens with zero attached hydrogens (tertiary/aromatic N) is 1. The lowest BCUT2D eigenvalue weighted by Crippen LogP contribution is -2.34. The highest BCUT2D eigenvalue weighted by Gasteiger charge is 2.21. The van der Waals surface area contributed by atoms with Crippen LogP contribution in [-0.4, -0.2) is 25.6 Å². The molecule has 1 heterocycles. The highest BCUT2D eigenvalue weighted by molar-refractivity contribution is 5.93. The number of hydrogen-bond donors (Lipinski definition) is 2. The fourth-order valence-electron chi connectivity index (χ4n) is 3.10. The van der Waals surface area contributed by atoms with Crippen LogP contribution in [0.1, 0.15) is 23.6 Å². The van der Waals surface area contributed by atoms with Gasteiger partial charge in [0.2, 0.25) is 5.91 Å². The number of carbonyl (C=O) groups is 2. The van der Waals surface area contributed by atoms with Gasteiger partial charge in [0.25, 0.3) is 0 Å². The molecule has 26 heavy (non-hydrogen) atoms. The Labute approximate surface area is 153 Å². The molecule has 6 nitrogen and oxygen atoms in total. The van der Waals surface area contributed by atoms with Crippen molar-refractivity contribution in [1.82, 2.24) is 10.6 Å². The molecule has 0 unspecified atom stereocenters. The zero-order chi connectivity index (χ0) is 18.5. The maximum atomic E-state index is 12.0. The van der Waals surface area contributed by atoms with Gasteiger partial charge < -0.3 is 20.3 Å². The van der Waals surface area contributed by atoms with E-state index < -0.39 is 0 Å². The largest absolute Gasteiger partial charge is 0.497 e. The van der Waals surface area contributed by atoms with Gasteiger partial charge in [-0.25, -0.2) is 4.79 Å². The molecule has 0 aliphatic carbocycles. The monoisotopic (exact) mass is 353 g/mol. The molecule has 2 aromatic carbocycles. The fourth-order valence-corrected chi connectivity index (χ4v) is 3.10. The van der Waals surface area contributed by atoms with Crippen LogP contribution in [0.5, 0.6) is 5.75 Å². The molecule has 0 fully saturated rings. The smallest absolute Gasteiger partial charge is 0.315 e. The van der Waals surface area contributed by atoms with Crippen LogP contribution in [0.2, 0.25) is 0 Å². The Balaban J connectivity index is 1.51. The summed E-state index contributed by atoms with van der Waals surface area (Å²) in [6.45, 7) is 3.18. The number of carbonyl (C=O) groups excluding carboxylic acids is 2. The summed E-state index contributed by atoms with van der Waals surface area (Å²) in [6.07, 6.45) is 0.852. The molecule has 0 bridgehead atoms. The molecular formula is C20H23N3O3. The quantitative estimate of drug-likeness (QED) is 0.868. The highest BCUT2D eigenvalue weighted by Crippen LogP contribution is 2.28. The first-order chi connectivity index (χ1) is 12.6. The normalized spacial score (nSPS) is 12.5. The van der Waals surface area contributed by atoms with Gasteiger partial charge in [0, 0.05) is 32.2 Å². The summed E-state index contributed by atoms with van der Waals surface area (Å²) in [5.41, 5.74) is 4.12. The van der Waals surface area contributed by atoms with Crippen LogP contribution in [0.4, 0.5) is 10.5 Å². The maximum absolute atomic E-state index is 12.0. The van der Waals surface area contributed by atoms with Gasteiger partial charge in [-0.2, -0.15) is 0 Å². The van der Waals surface area contributed by atoms with Gasteiger partial charge >= 0.3 is 6.03 Å². The van der Waals surface area contributed by atoms with E-state index in [1.165, 1.54) is 0 Å². The van der Waals surface area contributed by atoms with E-state index in [0.29, 0.717) is 13.1 Å². The van der Waals surface area contributed by atoms with Gasteiger partial charge in [-0.3, -0.25) is 4.79 Å². The first kappa shape index (κ1) is 17.8. The van der Waals surface area contributed by atoms with E-state index in [2.05, 4.69) is 16.7 Å². The van der Waals surface area contributed by atoms with Crippen LogP contribution in [0, 0.1) is 0 Å². The van der Waals surface area contributed by atoms with Crippen molar-refractivity contribution in [2.24, 2.45) is 0 Å². The van der Waals surface area contributed by atoms with Crippen molar-refractivity contribution in [2.45, 2.75) is 26.4 Å². The van der Waals surface area contributed by atoms with Crippen LogP contribution in [-0.2, 0) is 24.3 Å². The summed E-state index contributed by atoms with van der Waals surface area (Å²) in [5.74, 6) is 0.828. The predicted octanol–water partition coefficient (Wildman–Crippen LogP) is 2.60. The third kappa shape index (κ3) is 4.14. The van der Waals surface area contributed by atoms with E-state index in [0.717, 1.165) is 41.1 Å². The Hall–Kier alpha value is -3.02. The summed E-state index contributed by atoms with van der Waals surface area (Å²) < 4.78 is 5.17. The molecule has 1 aliphatic rings. The number of fused-ring (bicyclic) bond motifs is 1. The Kier molecular flexibility index (Phi) is 5.41. The molecule has 0 aromatic heterocycles. The molecule has 2 aromatic rings. The van der Waals surface area contributed by atoms with Crippen molar-refractivity contribution in [3.05, 3.63) is 59.2 Å². The lowest BCUT2D eigenvalue weighted by Gasteiger charge is -2.15. The number of anilines is 1. The van der Waals surface area contributed by atoms with E-state index >= 15 is 0 Å². The minimum absolute atomic E-state index is 0.0616. The molecule has 0 saturated heterocycles. The van der Waals surface area contributed by atoms with Crippen LogP contribution in [0.25, 0.3) is 0 Å². The number of amides is 3. The molecule has 6 heteroatoms. The molecule has 1 aliphatic heterocycles. The standard InChI is InChI=1S/C20H23N3O3/c1-14(24)23-9-8-17-10-16(6-7-19(17)23)13-22-20(25)21-12-15-4-3-5-18(11-15)26-2/h3-7,10-11H,8-9,12-13H2,1-2H3,(H2,21,22,25). The van der Waals surface area contributed by atoms with E-state index in [4.69, 9.17) is 4.74 Å². The number of benzene rings is 2. The third-order valence-corrected chi connectivity index (χ3v) is 4.46. The molecule has 0 radical (unpaired) electrons. The maximum Gasteiger partial charge on any atom is 0.315 e. The summed E-state index contributed by atoms with van der Waals surface area (Å²) in [6, 6.07) is 13.3. The predicted molar refractivity (Wildman–Crippen MR) is 100 cm³/mol. The number of nitrogens with one attached hydrogen (secondary N) is 2. The molecule has 0 saturated carbocycles. The summed E-state index contributed by atoms with van der Waals surface area (Å²) in [7, 11) is 1.62. The van der Waals surface area contributed by atoms with Gasteiger partial charge in [-0.05, 0) is 41.3 Å². The lowest BCUT2D eigenvalue weighted by atomic mass is 10.1. The first-order valence-corrected chi connectivity index (χ1v) is 8.61. The summed E-state index contributed by atoms with van der Waals surface area (Å²) in [4.78, 5) is 25.4. The first-order valence-electron chi connectivity index (χ1n) is 8.61. The van der Waals surface area contributed by atoms with Crippen molar-refractivity contribution >= 4 is 17.6 Å². The zero-order valence-corrected chi connectivity index (χ0v) is 15.0. The fraction of sp³-hybridized carbons (Fsp3) is 0.300. The number of ether oxygens (including phenoxy) is 1. The summed E-state index contributed by atoms with van der Waals surface area (Å²) in [5, 5.41) is 5.70. The molecule has 136 valence electrons. The van der Waals surface area contributed by atoms with E-state index in [1.807, 2.05) is 36.4 Å². The number of hydrogen-bond acceptors (Lipinski definition) is 3. The topological polar surface area (TPSA) is 70.7 Å². The van der Waals surface area contributed by atoms with Crippen molar-refractivity contribution in [2.75, 3.05) is 18.6 Å². The Morgan fingerprint density at radius 1 is 1.08 bits per heavy atom. The van der Waals surface area contributed by atoms with Gasteiger partial charge in [0.15, 0.2) is 0 Å². The number of rotatable bonds is 5. The van der Waals surface area contributed by atoms with Crippen molar-refractivity contribution < 1.29 is 14.3 Å². The molecule has 0 atom stereocenters. The van der Waals surface area contributed by atoms with Gasteiger partial charge in [0.05, 0.1) is 7.11 Å². The molecule has 3 rings (SSSR count). The van der Waals surface area contributed by atoms with Crippen molar-refractivity contribution in [3.8, 4) is 5.75 Å². The number of urea groups is 1. The van der Waals surface area contributed by atoms with Gasteiger partial charge in [-0.1, -0.05) is 24.3 Å². The van der Waals surface area contributed by atoms with Gasteiger partial charge in [-0.15, -0.1) is 0 Å². The second kappa shape index (κ2) is 7.91. The van der Waals surface area contributed by atoms with E-state index in [1.54, 1.807) is 18.9 Å². The average Bonchev–Trinajstić information content (AvgIpc) is 3.08. The van der Waals surface area contributed by atoms with Crippen LogP contribution in [0.15, 0.2) is 42.5 Å². The van der Waals surface area contributed by atoms with Crippen molar-refractivity contribution in [3.63, 3.8) is 0 Å². The molecular weight excluding hydrogens is 330 g/mol. The van der Waals surface area contributed by atoms with E-state index in [-0.39, 0.29) is 11.9 Å². The Bertz CT molecular complexity index is 820. The lowest BCUT2D eigenvalue weighted by molar-refractivity contribution is -0.116. The Morgan fingerprint density at radius 2 is 1.81 bits per heavy atom. The second-order valence-electron chi connectivity index (χ2n) is 6.27. The minimum Gasteiger partial charge on any atom is -0.497 e. The molecule has 3 amide bonds.